The number of carbonyl (C=O) groups is 1. The standard InChI is InChI=1S/C13H26N2O2/c1-4-14(8-9-16)10-13(17)15-11(2)6-5-7-12(15)3/h11-12,16H,4-10H2,1-3H3. The molecule has 1 fully saturated rings. The highest BCUT2D eigenvalue weighted by atomic mass is 16.3. The van der Waals surface area contributed by atoms with Crippen LogP contribution in [0.15, 0.2) is 0 Å². The second-order valence-electron chi connectivity index (χ2n) is 5.02. The van der Waals surface area contributed by atoms with Gasteiger partial charge in [0.05, 0.1) is 13.2 Å². The molecule has 0 radical (unpaired) electrons. The summed E-state index contributed by atoms with van der Waals surface area (Å²) < 4.78 is 0. The van der Waals surface area contributed by atoms with Crippen molar-refractivity contribution < 1.29 is 9.90 Å². The lowest BCUT2D eigenvalue weighted by molar-refractivity contribution is -0.138. The van der Waals surface area contributed by atoms with Crippen molar-refractivity contribution in [1.82, 2.24) is 9.80 Å². The van der Waals surface area contributed by atoms with Crippen LogP contribution in [0.25, 0.3) is 0 Å². The molecule has 0 saturated carbocycles. The number of piperidine rings is 1. The van der Waals surface area contributed by atoms with E-state index in [1.807, 2.05) is 16.7 Å². The first-order chi connectivity index (χ1) is 8.10. The van der Waals surface area contributed by atoms with Gasteiger partial charge in [0.1, 0.15) is 0 Å². The number of likely N-dealkylation sites (N-methyl/N-ethyl adjacent to an activating group) is 1. The highest BCUT2D eigenvalue weighted by Gasteiger charge is 2.29. The van der Waals surface area contributed by atoms with Gasteiger partial charge in [-0.1, -0.05) is 6.92 Å². The largest absolute Gasteiger partial charge is 0.395 e. The Morgan fingerprint density at radius 1 is 1.35 bits per heavy atom. The molecule has 0 aromatic heterocycles. The van der Waals surface area contributed by atoms with Crippen LogP contribution in [0.3, 0.4) is 0 Å². The van der Waals surface area contributed by atoms with Crippen molar-refractivity contribution in [3.8, 4) is 0 Å². The predicted octanol–water partition coefficient (Wildman–Crippen LogP) is 1.09. The average molecular weight is 242 g/mol. The summed E-state index contributed by atoms with van der Waals surface area (Å²) in [5, 5.41) is 8.93. The van der Waals surface area contributed by atoms with Gasteiger partial charge < -0.3 is 10.0 Å². The van der Waals surface area contributed by atoms with E-state index in [0.29, 0.717) is 25.2 Å². The summed E-state index contributed by atoms with van der Waals surface area (Å²) in [7, 11) is 0. The molecule has 1 aliphatic rings. The van der Waals surface area contributed by atoms with E-state index in [1.54, 1.807) is 0 Å². The van der Waals surface area contributed by atoms with Crippen molar-refractivity contribution in [2.45, 2.75) is 52.1 Å². The lowest BCUT2D eigenvalue weighted by Crippen LogP contribution is -2.51. The van der Waals surface area contributed by atoms with Gasteiger partial charge in [-0.3, -0.25) is 9.69 Å². The van der Waals surface area contributed by atoms with Crippen LogP contribution in [-0.4, -0.2) is 59.1 Å². The van der Waals surface area contributed by atoms with Crippen LogP contribution in [0.2, 0.25) is 0 Å². The zero-order chi connectivity index (χ0) is 12.8. The smallest absolute Gasteiger partial charge is 0.237 e. The first-order valence-electron chi connectivity index (χ1n) is 6.74. The van der Waals surface area contributed by atoms with Crippen LogP contribution in [0.4, 0.5) is 0 Å². The molecular formula is C13H26N2O2. The second-order valence-corrected chi connectivity index (χ2v) is 5.02. The van der Waals surface area contributed by atoms with Crippen molar-refractivity contribution in [3.05, 3.63) is 0 Å². The molecule has 1 heterocycles. The Hall–Kier alpha value is -0.610. The highest BCUT2D eigenvalue weighted by molar-refractivity contribution is 5.79. The van der Waals surface area contributed by atoms with E-state index in [-0.39, 0.29) is 12.5 Å². The molecule has 0 aromatic rings. The maximum atomic E-state index is 12.3. The van der Waals surface area contributed by atoms with Gasteiger partial charge in [-0.15, -0.1) is 0 Å². The lowest BCUT2D eigenvalue weighted by Gasteiger charge is -2.40. The number of aliphatic hydroxyl groups is 1. The molecule has 1 N–H and O–H groups in total. The van der Waals surface area contributed by atoms with E-state index < -0.39 is 0 Å². The molecule has 1 saturated heterocycles. The molecule has 0 aromatic carbocycles. The van der Waals surface area contributed by atoms with Gasteiger partial charge in [0, 0.05) is 18.6 Å². The number of rotatable bonds is 5. The summed E-state index contributed by atoms with van der Waals surface area (Å²) in [5.41, 5.74) is 0. The van der Waals surface area contributed by atoms with Gasteiger partial charge in [-0.05, 0) is 39.7 Å². The minimum absolute atomic E-state index is 0.117. The van der Waals surface area contributed by atoms with Gasteiger partial charge in [0.2, 0.25) is 5.91 Å². The molecule has 0 bridgehead atoms. The Kier molecular flexibility index (Phi) is 5.92. The first kappa shape index (κ1) is 14.5. The van der Waals surface area contributed by atoms with E-state index in [4.69, 9.17) is 5.11 Å². The van der Waals surface area contributed by atoms with Crippen molar-refractivity contribution in [3.63, 3.8) is 0 Å². The van der Waals surface area contributed by atoms with Crippen LogP contribution >= 0.6 is 0 Å². The van der Waals surface area contributed by atoms with E-state index >= 15 is 0 Å². The zero-order valence-corrected chi connectivity index (χ0v) is 11.4. The van der Waals surface area contributed by atoms with Crippen LogP contribution in [0.5, 0.6) is 0 Å². The molecule has 1 amide bonds. The molecule has 4 nitrogen and oxygen atoms in total. The highest BCUT2D eigenvalue weighted by Crippen LogP contribution is 2.22. The molecule has 1 aliphatic heterocycles. The molecule has 0 spiro atoms. The molecule has 2 atom stereocenters. The maximum Gasteiger partial charge on any atom is 0.237 e. The normalized spacial score (nSPS) is 25.4. The third kappa shape index (κ3) is 3.96. The van der Waals surface area contributed by atoms with E-state index in [1.165, 1.54) is 6.42 Å². The van der Waals surface area contributed by atoms with Crippen LogP contribution in [0, 0.1) is 0 Å². The Morgan fingerprint density at radius 3 is 2.41 bits per heavy atom. The Balaban J connectivity index is 2.54. The van der Waals surface area contributed by atoms with Crippen LogP contribution in [-0.2, 0) is 4.79 Å². The molecule has 2 unspecified atom stereocenters. The van der Waals surface area contributed by atoms with Gasteiger partial charge >= 0.3 is 0 Å². The van der Waals surface area contributed by atoms with Gasteiger partial charge in [-0.25, -0.2) is 0 Å². The summed E-state index contributed by atoms with van der Waals surface area (Å²) in [6.07, 6.45) is 3.45. The van der Waals surface area contributed by atoms with E-state index in [2.05, 4.69) is 13.8 Å². The Labute approximate surface area is 105 Å². The SMILES string of the molecule is CCN(CCO)CC(=O)N1C(C)CCCC1C. The topological polar surface area (TPSA) is 43.8 Å². The average Bonchev–Trinajstić information content (AvgIpc) is 2.28. The predicted molar refractivity (Wildman–Crippen MR) is 68.8 cm³/mol. The summed E-state index contributed by atoms with van der Waals surface area (Å²) in [4.78, 5) is 16.3. The minimum atomic E-state index is 0.117. The fourth-order valence-electron chi connectivity index (χ4n) is 2.68. The summed E-state index contributed by atoms with van der Waals surface area (Å²) in [6, 6.07) is 0.721. The number of hydrogen-bond donors (Lipinski definition) is 1. The number of amides is 1. The van der Waals surface area contributed by atoms with Crippen LogP contribution < -0.4 is 0 Å². The van der Waals surface area contributed by atoms with E-state index in [9.17, 15) is 4.79 Å². The van der Waals surface area contributed by atoms with E-state index in [0.717, 1.165) is 19.4 Å². The zero-order valence-electron chi connectivity index (χ0n) is 11.4. The van der Waals surface area contributed by atoms with Crippen LogP contribution in [0.1, 0.15) is 40.0 Å². The molecule has 0 aliphatic carbocycles. The van der Waals surface area contributed by atoms with Crippen molar-refractivity contribution in [1.29, 1.82) is 0 Å². The number of aliphatic hydroxyl groups excluding tert-OH is 1. The van der Waals surface area contributed by atoms with Gasteiger partial charge in [0.25, 0.3) is 0 Å². The van der Waals surface area contributed by atoms with Crippen molar-refractivity contribution >= 4 is 5.91 Å². The number of nitrogens with zero attached hydrogens (tertiary/aromatic N) is 2. The summed E-state index contributed by atoms with van der Waals surface area (Å²) in [5.74, 6) is 0.208. The monoisotopic (exact) mass is 242 g/mol. The maximum absolute atomic E-state index is 12.3. The Morgan fingerprint density at radius 2 is 1.94 bits per heavy atom. The minimum Gasteiger partial charge on any atom is -0.395 e. The van der Waals surface area contributed by atoms with Crippen molar-refractivity contribution in [2.24, 2.45) is 0 Å². The number of carbonyl (C=O) groups excluding carboxylic acids is 1. The molecular weight excluding hydrogens is 216 g/mol. The third-order valence-corrected chi connectivity index (χ3v) is 3.70. The first-order valence-corrected chi connectivity index (χ1v) is 6.74. The number of hydrogen-bond acceptors (Lipinski definition) is 3. The summed E-state index contributed by atoms with van der Waals surface area (Å²) in [6.45, 7) is 8.23. The van der Waals surface area contributed by atoms with Gasteiger partial charge in [0.15, 0.2) is 0 Å². The Bertz CT molecular complexity index is 236. The fourth-order valence-corrected chi connectivity index (χ4v) is 2.68. The fraction of sp³-hybridized carbons (Fsp3) is 0.923. The second kappa shape index (κ2) is 6.97. The molecule has 4 heteroatoms. The quantitative estimate of drug-likeness (QED) is 0.785. The number of likely N-dealkylation sites (tertiary alicyclic amines) is 1. The molecule has 1 rings (SSSR count). The summed E-state index contributed by atoms with van der Waals surface area (Å²) >= 11 is 0. The molecule has 100 valence electrons. The molecule has 17 heavy (non-hydrogen) atoms. The lowest BCUT2D eigenvalue weighted by atomic mass is 9.97. The third-order valence-electron chi connectivity index (χ3n) is 3.70. The van der Waals surface area contributed by atoms with Crippen molar-refractivity contribution in [2.75, 3.05) is 26.2 Å². The van der Waals surface area contributed by atoms with Gasteiger partial charge in [-0.2, -0.15) is 0 Å².